The van der Waals surface area contributed by atoms with Crippen LogP contribution in [0.3, 0.4) is 0 Å². The Bertz CT molecular complexity index is 576. The molecule has 0 saturated heterocycles. The monoisotopic (exact) mass is 222 g/mol. The quantitative estimate of drug-likeness (QED) is 0.525. The van der Waals surface area contributed by atoms with E-state index < -0.39 is 11.0 Å². The third-order valence-electron chi connectivity index (χ3n) is 1.90. The number of carboxylic acid groups (broad SMARTS) is 1. The van der Waals surface area contributed by atoms with E-state index in [-0.39, 0.29) is 11.6 Å². The number of aromatic nitrogens is 2. The van der Waals surface area contributed by atoms with E-state index >= 15 is 0 Å². The van der Waals surface area contributed by atoms with Gasteiger partial charge in [0.2, 0.25) is 5.95 Å². The Hall–Kier alpha value is -2.64. The maximum atomic E-state index is 10.5. The molecule has 8 heteroatoms. The number of hydrogen-bond donors (Lipinski definition) is 3. The number of carbonyl (C=O) groups is 1. The number of nitro groups is 1. The van der Waals surface area contributed by atoms with Gasteiger partial charge >= 0.3 is 6.09 Å². The highest BCUT2D eigenvalue weighted by molar-refractivity contribution is 5.85. The molecule has 0 aliphatic heterocycles. The van der Waals surface area contributed by atoms with E-state index in [2.05, 4.69) is 9.97 Å². The zero-order chi connectivity index (χ0) is 11.7. The van der Waals surface area contributed by atoms with Gasteiger partial charge in [-0.25, -0.2) is 9.78 Å². The van der Waals surface area contributed by atoms with Crippen molar-refractivity contribution in [1.82, 2.24) is 9.97 Å². The van der Waals surface area contributed by atoms with E-state index in [0.717, 1.165) is 0 Å². The first-order valence-electron chi connectivity index (χ1n) is 4.20. The van der Waals surface area contributed by atoms with Crippen LogP contribution >= 0.6 is 0 Å². The Morgan fingerprint density at radius 1 is 1.56 bits per heavy atom. The van der Waals surface area contributed by atoms with Crippen molar-refractivity contribution in [3.63, 3.8) is 0 Å². The molecular formula is C8H6N4O4. The smallest absolute Gasteiger partial charge is 0.411 e. The fraction of sp³-hybridized carbons (Fsp3) is 0. The van der Waals surface area contributed by atoms with Gasteiger partial charge in [0.15, 0.2) is 0 Å². The fourth-order valence-corrected chi connectivity index (χ4v) is 1.27. The van der Waals surface area contributed by atoms with Crippen LogP contribution in [0.25, 0.3) is 11.0 Å². The van der Waals surface area contributed by atoms with Gasteiger partial charge in [-0.1, -0.05) is 0 Å². The fourth-order valence-electron chi connectivity index (χ4n) is 1.27. The van der Waals surface area contributed by atoms with Crippen LogP contribution in [-0.2, 0) is 0 Å². The maximum absolute atomic E-state index is 10.5. The number of nitrogens with one attached hydrogen (secondary N) is 2. The number of fused-ring (bicyclic) bond motifs is 1. The molecule has 1 aromatic heterocycles. The molecule has 8 nitrogen and oxygen atoms in total. The van der Waals surface area contributed by atoms with E-state index in [1.165, 1.54) is 18.2 Å². The lowest BCUT2D eigenvalue weighted by molar-refractivity contribution is -0.384. The van der Waals surface area contributed by atoms with Crippen molar-refractivity contribution in [2.45, 2.75) is 0 Å². The summed E-state index contributed by atoms with van der Waals surface area (Å²) in [6.07, 6.45) is -1.26. The number of rotatable bonds is 2. The number of nitrogens with zero attached hydrogens (tertiary/aromatic N) is 2. The number of aromatic amines is 1. The summed E-state index contributed by atoms with van der Waals surface area (Å²) in [6, 6.07) is 4.03. The largest absolute Gasteiger partial charge is 0.465 e. The summed E-state index contributed by atoms with van der Waals surface area (Å²) >= 11 is 0. The lowest BCUT2D eigenvalue weighted by Gasteiger charge is -1.91. The molecule has 3 N–H and O–H groups in total. The van der Waals surface area contributed by atoms with Crippen molar-refractivity contribution in [2.24, 2.45) is 0 Å². The zero-order valence-electron chi connectivity index (χ0n) is 7.80. The first-order chi connectivity index (χ1) is 7.56. The van der Waals surface area contributed by atoms with Crippen LogP contribution in [0.15, 0.2) is 18.2 Å². The molecule has 0 aliphatic rings. The Kier molecular flexibility index (Phi) is 2.16. The van der Waals surface area contributed by atoms with Crippen molar-refractivity contribution in [2.75, 3.05) is 5.32 Å². The molecule has 2 aromatic rings. The second kappa shape index (κ2) is 3.50. The Morgan fingerprint density at radius 3 is 2.94 bits per heavy atom. The molecule has 0 radical (unpaired) electrons. The number of imidazole rings is 1. The third kappa shape index (κ3) is 1.75. The number of hydrogen-bond acceptors (Lipinski definition) is 4. The van der Waals surface area contributed by atoms with Gasteiger partial charge in [-0.2, -0.15) is 0 Å². The van der Waals surface area contributed by atoms with Crippen LogP contribution in [-0.4, -0.2) is 26.1 Å². The van der Waals surface area contributed by atoms with Crippen molar-refractivity contribution in [3.8, 4) is 0 Å². The summed E-state index contributed by atoms with van der Waals surface area (Å²) in [5.41, 5.74) is 0.769. The number of anilines is 1. The van der Waals surface area contributed by atoms with Gasteiger partial charge in [0.25, 0.3) is 5.69 Å². The van der Waals surface area contributed by atoms with Crippen LogP contribution in [0.2, 0.25) is 0 Å². The van der Waals surface area contributed by atoms with Crippen LogP contribution in [0, 0.1) is 10.1 Å². The Balaban J connectivity index is 2.45. The molecule has 0 unspecified atom stereocenters. The number of H-pyrrole nitrogens is 1. The molecule has 1 aromatic carbocycles. The van der Waals surface area contributed by atoms with Gasteiger partial charge in [0.05, 0.1) is 16.0 Å². The summed E-state index contributed by atoms with van der Waals surface area (Å²) in [6.45, 7) is 0. The summed E-state index contributed by atoms with van der Waals surface area (Å²) in [4.78, 5) is 26.8. The summed E-state index contributed by atoms with van der Waals surface area (Å²) < 4.78 is 0. The Labute approximate surface area is 88.1 Å². The maximum Gasteiger partial charge on any atom is 0.411 e. The highest BCUT2D eigenvalue weighted by Gasteiger charge is 2.10. The molecule has 2 rings (SSSR count). The minimum Gasteiger partial charge on any atom is -0.465 e. The highest BCUT2D eigenvalue weighted by Crippen LogP contribution is 2.20. The molecular weight excluding hydrogens is 216 g/mol. The minimum atomic E-state index is -1.26. The van der Waals surface area contributed by atoms with Gasteiger partial charge in [0.1, 0.15) is 0 Å². The normalized spacial score (nSPS) is 10.2. The number of non-ortho nitro benzene ring substituents is 1. The molecule has 1 amide bonds. The van der Waals surface area contributed by atoms with Crippen molar-refractivity contribution in [1.29, 1.82) is 0 Å². The molecule has 16 heavy (non-hydrogen) atoms. The second-order valence-electron chi connectivity index (χ2n) is 2.97. The number of benzene rings is 1. The van der Waals surface area contributed by atoms with Gasteiger partial charge in [-0.3, -0.25) is 15.4 Å². The molecule has 0 saturated carbocycles. The van der Waals surface area contributed by atoms with Crippen LogP contribution < -0.4 is 5.32 Å². The predicted octanol–water partition coefficient (Wildman–Crippen LogP) is 1.56. The van der Waals surface area contributed by atoms with Gasteiger partial charge in [0, 0.05) is 12.1 Å². The van der Waals surface area contributed by atoms with E-state index in [1.807, 2.05) is 5.32 Å². The van der Waals surface area contributed by atoms with Gasteiger partial charge in [-0.15, -0.1) is 0 Å². The topological polar surface area (TPSA) is 121 Å². The average molecular weight is 222 g/mol. The van der Waals surface area contributed by atoms with Gasteiger partial charge < -0.3 is 10.1 Å². The standard InChI is InChI=1S/C8H6N4O4/c13-8(14)11-7-9-5-2-1-4(12(15)16)3-6(5)10-7/h1-3H,(H,13,14)(H2,9,10,11). The molecule has 0 aliphatic carbocycles. The first kappa shape index (κ1) is 9.90. The molecule has 0 atom stereocenters. The lowest BCUT2D eigenvalue weighted by atomic mass is 10.3. The molecule has 0 spiro atoms. The minimum absolute atomic E-state index is 0.0306. The summed E-state index contributed by atoms with van der Waals surface area (Å²) in [5.74, 6) is 0.0306. The van der Waals surface area contributed by atoms with Crippen molar-refractivity contribution in [3.05, 3.63) is 28.3 Å². The lowest BCUT2D eigenvalue weighted by Crippen LogP contribution is -2.08. The SMILES string of the molecule is O=C(O)Nc1nc2ccc([N+](=O)[O-])cc2[nH]1. The highest BCUT2D eigenvalue weighted by atomic mass is 16.6. The van der Waals surface area contributed by atoms with E-state index in [1.54, 1.807) is 0 Å². The molecule has 1 heterocycles. The van der Waals surface area contributed by atoms with Crippen LogP contribution in [0.4, 0.5) is 16.4 Å². The molecule has 0 fully saturated rings. The predicted molar refractivity (Wildman–Crippen MR) is 54.4 cm³/mol. The number of amides is 1. The molecule has 82 valence electrons. The van der Waals surface area contributed by atoms with E-state index in [9.17, 15) is 14.9 Å². The van der Waals surface area contributed by atoms with Crippen LogP contribution in [0.5, 0.6) is 0 Å². The average Bonchev–Trinajstić information content (AvgIpc) is 2.56. The first-order valence-corrected chi connectivity index (χ1v) is 4.20. The number of nitro benzene ring substituents is 1. The van der Waals surface area contributed by atoms with Crippen molar-refractivity contribution >= 4 is 28.8 Å². The summed E-state index contributed by atoms with van der Waals surface area (Å²) in [5, 5.41) is 21.0. The van der Waals surface area contributed by atoms with Crippen molar-refractivity contribution < 1.29 is 14.8 Å². The van der Waals surface area contributed by atoms with Gasteiger partial charge in [-0.05, 0) is 6.07 Å². The third-order valence-corrected chi connectivity index (χ3v) is 1.90. The van der Waals surface area contributed by atoms with E-state index in [4.69, 9.17) is 5.11 Å². The summed E-state index contributed by atoms with van der Waals surface area (Å²) in [7, 11) is 0. The van der Waals surface area contributed by atoms with E-state index in [0.29, 0.717) is 11.0 Å². The zero-order valence-corrected chi connectivity index (χ0v) is 7.80. The Morgan fingerprint density at radius 2 is 2.31 bits per heavy atom. The second-order valence-corrected chi connectivity index (χ2v) is 2.97. The van der Waals surface area contributed by atoms with Crippen LogP contribution in [0.1, 0.15) is 0 Å². The molecule has 0 bridgehead atoms.